The van der Waals surface area contributed by atoms with Crippen LogP contribution < -0.4 is 11.1 Å². The lowest BCUT2D eigenvalue weighted by Crippen LogP contribution is -2.55. The van der Waals surface area contributed by atoms with Crippen molar-refractivity contribution in [1.82, 2.24) is 10.3 Å². The zero-order valence-corrected chi connectivity index (χ0v) is 9.50. The van der Waals surface area contributed by atoms with E-state index in [9.17, 15) is 4.79 Å². The number of nitrogens with two attached hydrogens (primary N) is 1. The molecule has 1 unspecified atom stereocenters. The smallest absolute Gasteiger partial charge is 0.268 e. The van der Waals surface area contributed by atoms with Crippen LogP contribution in [0, 0.1) is 5.92 Å². The molecule has 0 saturated heterocycles. The Balaban J connectivity index is 2.72. The van der Waals surface area contributed by atoms with Crippen molar-refractivity contribution in [3.63, 3.8) is 0 Å². The van der Waals surface area contributed by atoms with Crippen molar-refractivity contribution in [3.05, 3.63) is 24.0 Å². The van der Waals surface area contributed by atoms with Crippen molar-refractivity contribution in [3.8, 4) is 0 Å². The average molecular weight is 209 g/mol. The van der Waals surface area contributed by atoms with E-state index in [0.29, 0.717) is 18.2 Å². The van der Waals surface area contributed by atoms with Gasteiger partial charge in [0.1, 0.15) is 5.69 Å². The minimum atomic E-state index is -0.359. The van der Waals surface area contributed by atoms with E-state index in [0.717, 1.165) is 0 Å². The summed E-state index contributed by atoms with van der Waals surface area (Å²) >= 11 is 0. The molecule has 1 heterocycles. The highest BCUT2D eigenvalue weighted by atomic mass is 16.2. The second-order valence-corrected chi connectivity index (χ2v) is 4.31. The summed E-state index contributed by atoms with van der Waals surface area (Å²) in [6, 6.07) is 3.54. The molecule has 0 fully saturated rings. The normalized spacial score (nSPS) is 15.0. The Bertz CT molecular complexity index is 319. The lowest BCUT2D eigenvalue weighted by Gasteiger charge is -2.33. The summed E-state index contributed by atoms with van der Waals surface area (Å²) in [6.07, 6.45) is 1.73. The molecule has 1 aromatic heterocycles. The molecular weight excluding hydrogens is 190 g/mol. The summed E-state index contributed by atoms with van der Waals surface area (Å²) in [5.74, 6) is 0.183. The van der Waals surface area contributed by atoms with Gasteiger partial charge in [-0.1, -0.05) is 13.8 Å². The number of hydrogen-bond donors (Lipinski definition) is 3. The van der Waals surface area contributed by atoms with Crippen molar-refractivity contribution in [2.45, 2.75) is 26.3 Å². The van der Waals surface area contributed by atoms with Crippen LogP contribution in [0.2, 0.25) is 0 Å². The van der Waals surface area contributed by atoms with Gasteiger partial charge in [-0.15, -0.1) is 0 Å². The minimum Gasteiger partial charge on any atom is -0.357 e. The average Bonchev–Trinajstić information content (AvgIpc) is 2.70. The standard InChI is InChI=1S/C11H19N3O/c1-8(2)11(3,7-12)14-10(15)9-5-4-6-13-9/h4-6,8,13H,7,12H2,1-3H3,(H,14,15). The van der Waals surface area contributed by atoms with Crippen LogP contribution in [-0.4, -0.2) is 23.0 Å². The number of aromatic nitrogens is 1. The van der Waals surface area contributed by atoms with E-state index in [2.05, 4.69) is 10.3 Å². The summed E-state index contributed by atoms with van der Waals surface area (Å²) in [7, 11) is 0. The third-order valence-electron chi connectivity index (χ3n) is 2.94. The van der Waals surface area contributed by atoms with Crippen molar-refractivity contribution < 1.29 is 4.79 Å². The van der Waals surface area contributed by atoms with Gasteiger partial charge in [0.05, 0.1) is 5.54 Å². The van der Waals surface area contributed by atoms with E-state index < -0.39 is 0 Å². The van der Waals surface area contributed by atoms with E-state index in [-0.39, 0.29) is 11.4 Å². The first-order valence-electron chi connectivity index (χ1n) is 5.15. The van der Waals surface area contributed by atoms with Gasteiger partial charge in [0, 0.05) is 12.7 Å². The van der Waals surface area contributed by atoms with Crippen LogP contribution in [0.15, 0.2) is 18.3 Å². The third-order valence-corrected chi connectivity index (χ3v) is 2.94. The number of carbonyl (C=O) groups is 1. The quantitative estimate of drug-likeness (QED) is 0.695. The van der Waals surface area contributed by atoms with Crippen molar-refractivity contribution in [2.24, 2.45) is 11.7 Å². The number of rotatable bonds is 4. The molecule has 0 radical (unpaired) electrons. The maximum atomic E-state index is 11.8. The second-order valence-electron chi connectivity index (χ2n) is 4.31. The fourth-order valence-corrected chi connectivity index (χ4v) is 1.23. The number of nitrogens with one attached hydrogen (secondary N) is 2. The van der Waals surface area contributed by atoms with Crippen LogP contribution in [0.1, 0.15) is 31.3 Å². The number of carbonyl (C=O) groups excluding carboxylic acids is 1. The van der Waals surface area contributed by atoms with Gasteiger partial charge in [0.25, 0.3) is 5.91 Å². The highest BCUT2D eigenvalue weighted by Crippen LogP contribution is 2.15. The Morgan fingerprint density at radius 2 is 2.33 bits per heavy atom. The molecule has 15 heavy (non-hydrogen) atoms. The van der Waals surface area contributed by atoms with Gasteiger partial charge >= 0.3 is 0 Å². The zero-order chi connectivity index (χ0) is 11.5. The predicted octanol–water partition coefficient (Wildman–Crippen LogP) is 1.12. The van der Waals surface area contributed by atoms with Gasteiger partial charge in [-0.25, -0.2) is 0 Å². The van der Waals surface area contributed by atoms with Crippen molar-refractivity contribution in [2.75, 3.05) is 6.54 Å². The summed E-state index contributed by atoms with van der Waals surface area (Å²) in [6.45, 7) is 6.47. The Morgan fingerprint density at radius 1 is 1.67 bits per heavy atom. The molecule has 1 atom stereocenters. The SMILES string of the molecule is CC(C)C(C)(CN)NC(=O)c1ccc[nH]1. The Morgan fingerprint density at radius 3 is 2.73 bits per heavy atom. The maximum Gasteiger partial charge on any atom is 0.268 e. The Labute approximate surface area is 90.2 Å². The molecule has 4 heteroatoms. The lowest BCUT2D eigenvalue weighted by molar-refractivity contribution is 0.0878. The molecule has 4 nitrogen and oxygen atoms in total. The summed E-state index contributed by atoms with van der Waals surface area (Å²) < 4.78 is 0. The highest BCUT2D eigenvalue weighted by Gasteiger charge is 2.28. The molecule has 1 rings (SSSR count). The molecule has 0 aliphatic carbocycles. The number of aromatic amines is 1. The maximum absolute atomic E-state index is 11.8. The fourth-order valence-electron chi connectivity index (χ4n) is 1.23. The number of hydrogen-bond acceptors (Lipinski definition) is 2. The molecule has 0 aliphatic rings. The van der Waals surface area contributed by atoms with Crippen molar-refractivity contribution in [1.29, 1.82) is 0 Å². The summed E-state index contributed by atoms with van der Waals surface area (Å²) in [5, 5.41) is 2.95. The van der Waals surface area contributed by atoms with E-state index in [4.69, 9.17) is 5.73 Å². The molecule has 0 aliphatic heterocycles. The number of H-pyrrole nitrogens is 1. The van der Waals surface area contributed by atoms with Crippen LogP contribution in [0.4, 0.5) is 0 Å². The molecule has 0 bridgehead atoms. The lowest BCUT2D eigenvalue weighted by atomic mass is 9.88. The van der Waals surface area contributed by atoms with Gasteiger partial charge < -0.3 is 16.0 Å². The van der Waals surface area contributed by atoms with Gasteiger partial charge in [-0.2, -0.15) is 0 Å². The first-order valence-corrected chi connectivity index (χ1v) is 5.15. The fraction of sp³-hybridized carbons (Fsp3) is 0.545. The van der Waals surface area contributed by atoms with E-state index in [1.807, 2.05) is 20.8 Å². The predicted molar refractivity (Wildman–Crippen MR) is 60.6 cm³/mol. The molecule has 84 valence electrons. The monoisotopic (exact) mass is 209 g/mol. The molecule has 1 aromatic rings. The number of amides is 1. The summed E-state index contributed by atoms with van der Waals surface area (Å²) in [4.78, 5) is 14.7. The van der Waals surface area contributed by atoms with Gasteiger partial charge in [-0.3, -0.25) is 4.79 Å². The Kier molecular flexibility index (Phi) is 3.52. The second kappa shape index (κ2) is 4.49. The largest absolute Gasteiger partial charge is 0.357 e. The van der Waals surface area contributed by atoms with Crippen LogP contribution >= 0.6 is 0 Å². The molecule has 1 amide bonds. The van der Waals surface area contributed by atoms with Crippen molar-refractivity contribution >= 4 is 5.91 Å². The molecule has 0 spiro atoms. The van der Waals surface area contributed by atoms with E-state index in [1.165, 1.54) is 0 Å². The van der Waals surface area contributed by atoms with Gasteiger partial charge in [0.2, 0.25) is 0 Å². The van der Waals surface area contributed by atoms with Gasteiger partial charge in [-0.05, 0) is 25.0 Å². The first kappa shape index (κ1) is 11.8. The van der Waals surface area contributed by atoms with E-state index in [1.54, 1.807) is 18.3 Å². The van der Waals surface area contributed by atoms with Crippen LogP contribution in [-0.2, 0) is 0 Å². The summed E-state index contributed by atoms with van der Waals surface area (Å²) in [5.41, 5.74) is 5.89. The van der Waals surface area contributed by atoms with Gasteiger partial charge in [0.15, 0.2) is 0 Å². The van der Waals surface area contributed by atoms with E-state index >= 15 is 0 Å². The topological polar surface area (TPSA) is 70.9 Å². The third kappa shape index (κ3) is 2.59. The van der Waals surface area contributed by atoms with Crippen LogP contribution in [0.3, 0.4) is 0 Å². The minimum absolute atomic E-state index is 0.110. The first-order chi connectivity index (χ1) is 6.99. The molecule has 0 aromatic carbocycles. The van der Waals surface area contributed by atoms with Crippen LogP contribution in [0.5, 0.6) is 0 Å². The highest BCUT2D eigenvalue weighted by molar-refractivity contribution is 5.92. The molecule has 4 N–H and O–H groups in total. The molecular formula is C11H19N3O. The molecule has 0 saturated carbocycles. The van der Waals surface area contributed by atoms with Crippen LogP contribution in [0.25, 0.3) is 0 Å². The Hall–Kier alpha value is -1.29. The zero-order valence-electron chi connectivity index (χ0n) is 9.50.